The zero-order chi connectivity index (χ0) is 15.5. The van der Waals surface area contributed by atoms with Crippen LogP contribution < -0.4 is 0 Å². The van der Waals surface area contributed by atoms with Gasteiger partial charge in [0.25, 0.3) is 0 Å². The van der Waals surface area contributed by atoms with E-state index in [0.717, 1.165) is 18.9 Å². The summed E-state index contributed by atoms with van der Waals surface area (Å²) in [6.07, 6.45) is -2.56. The van der Waals surface area contributed by atoms with Crippen molar-refractivity contribution in [1.82, 2.24) is 4.90 Å². The third-order valence-electron chi connectivity index (χ3n) is 3.40. The summed E-state index contributed by atoms with van der Waals surface area (Å²) >= 11 is 0. The Morgan fingerprint density at radius 1 is 1.33 bits per heavy atom. The van der Waals surface area contributed by atoms with Gasteiger partial charge >= 0.3 is 12.1 Å². The lowest BCUT2D eigenvalue weighted by Gasteiger charge is -2.23. The molecule has 0 heterocycles. The van der Waals surface area contributed by atoms with Gasteiger partial charge in [-0.05, 0) is 31.4 Å². The van der Waals surface area contributed by atoms with Gasteiger partial charge in [0.05, 0.1) is 18.7 Å². The molecule has 0 bridgehead atoms. The maximum atomic E-state index is 13.0. The summed E-state index contributed by atoms with van der Waals surface area (Å²) in [5.41, 5.74) is -0.444. The van der Waals surface area contributed by atoms with E-state index in [1.54, 1.807) is 17.9 Å². The van der Waals surface area contributed by atoms with Crippen LogP contribution in [0, 0.1) is 0 Å². The number of carbonyl (C=O) groups excluding carboxylic acids is 1. The molecule has 1 aromatic rings. The largest absolute Gasteiger partial charge is 0.465 e. The van der Waals surface area contributed by atoms with Gasteiger partial charge in [-0.25, -0.2) is 0 Å². The Kier molecular flexibility index (Phi) is 4.88. The average molecular weight is 301 g/mol. The Labute approximate surface area is 121 Å². The third-order valence-corrected chi connectivity index (χ3v) is 3.40. The van der Waals surface area contributed by atoms with E-state index >= 15 is 0 Å². The van der Waals surface area contributed by atoms with E-state index in [2.05, 4.69) is 0 Å². The molecule has 1 aliphatic carbocycles. The summed E-state index contributed by atoms with van der Waals surface area (Å²) in [7, 11) is 0. The molecule has 0 aliphatic heterocycles. The maximum Gasteiger partial charge on any atom is 0.416 e. The molecular formula is C15H18F3NO2. The first-order valence-electron chi connectivity index (χ1n) is 6.96. The van der Waals surface area contributed by atoms with Gasteiger partial charge in [0.15, 0.2) is 0 Å². The normalized spacial score (nSPS) is 15.3. The van der Waals surface area contributed by atoms with Crippen molar-refractivity contribution >= 4 is 5.97 Å². The van der Waals surface area contributed by atoms with Crippen LogP contribution in [0.25, 0.3) is 0 Å². The highest BCUT2D eigenvalue weighted by Crippen LogP contribution is 2.34. The minimum Gasteiger partial charge on any atom is -0.465 e. The van der Waals surface area contributed by atoms with E-state index < -0.39 is 17.7 Å². The summed E-state index contributed by atoms with van der Waals surface area (Å²) in [5.74, 6) is -0.395. The third kappa shape index (κ3) is 4.46. The molecule has 116 valence electrons. The van der Waals surface area contributed by atoms with Gasteiger partial charge in [-0.15, -0.1) is 0 Å². The number of ether oxygens (including phenoxy) is 1. The molecule has 0 spiro atoms. The zero-order valence-corrected chi connectivity index (χ0v) is 11.8. The monoisotopic (exact) mass is 301 g/mol. The van der Waals surface area contributed by atoms with Gasteiger partial charge in [0.2, 0.25) is 0 Å². The van der Waals surface area contributed by atoms with E-state index in [1.165, 1.54) is 12.1 Å². The molecule has 0 N–H and O–H groups in total. The minimum atomic E-state index is -4.38. The predicted molar refractivity (Wildman–Crippen MR) is 71.5 cm³/mol. The smallest absolute Gasteiger partial charge is 0.416 e. The number of rotatable bonds is 6. The fourth-order valence-corrected chi connectivity index (χ4v) is 2.28. The lowest BCUT2D eigenvalue weighted by atomic mass is 10.1. The van der Waals surface area contributed by atoms with Crippen LogP contribution in [0.1, 0.15) is 30.9 Å². The molecule has 1 fully saturated rings. The molecule has 21 heavy (non-hydrogen) atoms. The van der Waals surface area contributed by atoms with Crippen LogP contribution in [0.5, 0.6) is 0 Å². The maximum absolute atomic E-state index is 13.0. The standard InChI is InChI=1S/C15H18F3NO2/c1-2-21-14(20)10-19(12-7-8-12)9-11-5-3-4-6-13(11)15(16,17)18/h3-6,12H,2,7-10H2,1H3. The van der Waals surface area contributed by atoms with Crippen LogP contribution in [-0.4, -0.2) is 30.1 Å². The Morgan fingerprint density at radius 2 is 2.00 bits per heavy atom. The molecule has 6 heteroatoms. The van der Waals surface area contributed by atoms with Crippen molar-refractivity contribution < 1.29 is 22.7 Å². The van der Waals surface area contributed by atoms with Gasteiger partial charge in [0, 0.05) is 12.6 Å². The Morgan fingerprint density at radius 3 is 2.57 bits per heavy atom. The highest BCUT2D eigenvalue weighted by Gasteiger charge is 2.36. The first-order valence-corrected chi connectivity index (χ1v) is 6.96. The second-order valence-corrected chi connectivity index (χ2v) is 5.10. The molecule has 0 amide bonds. The number of halogens is 3. The first kappa shape index (κ1) is 15.8. The van der Waals surface area contributed by atoms with Crippen LogP contribution >= 0.6 is 0 Å². The van der Waals surface area contributed by atoms with Gasteiger partial charge in [-0.3, -0.25) is 9.69 Å². The lowest BCUT2D eigenvalue weighted by Crippen LogP contribution is -2.33. The predicted octanol–water partition coefficient (Wildman–Crippen LogP) is 3.23. The Hall–Kier alpha value is -1.56. The molecule has 0 unspecified atom stereocenters. The molecular weight excluding hydrogens is 283 g/mol. The molecule has 3 nitrogen and oxygen atoms in total. The van der Waals surface area contributed by atoms with Crippen LogP contribution in [0.15, 0.2) is 24.3 Å². The number of hydrogen-bond acceptors (Lipinski definition) is 3. The number of benzene rings is 1. The topological polar surface area (TPSA) is 29.5 Å². The van der Waals surface area contributed by atoms with Crippen LogP contribution in [-0.2, 0) is 22.3 Å². The number of alkyl halides is 3. The van der Waals surface area contributed by atoms with Gasteiger partial charge < -0.3 is 4.74 Å². The summed E-state index contributed by atoms with van der Waals surface area (Å²) in [6, 6.07) is 5.67. The van der Waals surface area contributed by atoms with Crippen molar-refractivity contribution in [2.45, 2.75) is 38.5 Å². The molecule has 0 radical (unpaired) electrons. The zero-order valence-electron chi connectivity index (χ0n) is 11.8. The van der Waals surface area contributed by atoms with Crippen molar-refractivity contribution in [3.8, 4) is 0 Å². The molecule has 0 atom stereocenters. The quantitative estimate of drug-likeness (QED) is 0.756. The fourth-order valence-electron chi connectivity index (χ4n) is 2.28. The fraction of sp³-hybridized carbons (Fsp3) is 0.533. The Balaban J connectivity index is 2.12. The van der Waals surface area contributed by atoms with Crippen LogP contribution in [0.2, 0.25) is 0 Å². The molecule has 1 aliphatic rings. The summed E-state index contributed by atoms with van der Waals surface area (Å²) in [5, 5.41) is 0. The molecule has 2 rings (SSSR count). The Bertz CT molecular complexity index is 498. The highest BCUT2D eigenvalue weighted by atomic mass is 19.4. The molecule has 1 saturated carbocycles. The SMILES string of the molecule is CCOC(=O)CN(Cc1ccccc1C(F)(F)F)C1CC1. The van der Waals surface area contributed by atoms with E-state index in [-0.39, 0.29) is 31.3 Å². The van der Waals surface area contributed by atoms with Gasteiger partial charge in [-0.1, -0.05) is 18.2 Å². The number of esters is 1. The average Bonchev–Trinajstić information content (AvgIpc) is 3.22. The van der Waals surface area contributed by atoms with E-state index in [9.17, 15) is 18.0 Å². The van der Waals surface area contributed by atoms with Crippen molar-refractivity contribution in [2.24, 2.45) is 0 Å². The van der Waals surface area contributed by atoms with Gasteiger partial charge in [-0.2, -0.15) is 13.2 Å². The minimum absolute atomic E-state index is 0.0324. The van der Waals surface area contributed by atoms with Crippen molar-refractivity contribution in [2.75, 3.05) is 13.2 Å². The number of carbonyl (C=O) groups is 1. The van der Waals surface area contributed by atoms with Crippen LogP contribution in [0.4, 0.5) is 13.2 Å². The summed E-state index contributed by atoms with van der Waals surface area (Å²) in [6.45, 7) is 2.12. The van der Waals surface area contributed by atoms with Crippen LogP contribution in [0.3, 0.4) is 0 Å². The van der Waals surface area contributed by atoms with Crippen molar-refractivity contribution in [3.05, 3.63) is 35.4 Å². The second kappa shape index (κ2) is 6.47. The van der Waals surface area contributed by atoms with Gasteiger partial charge in [0.1, 0.15) is 0 Å². The molecule has 1 aromatic carbocycles. The number of nitrogens with zero attached hydrogens (tertiary/aromatic N) is 1. The highest BCUT2D eigenvalue weighted by molar-refractivity contribution is 5.71. The van der Waals surface area contributed by atoms with Crippen molar-refractivity contribution in [1.29, 1.82) is 0 Å². The number of hydrogen-bond donors (Lipinski definition) is 0. The molecule has 0 saturated heterocycles. The summed E-state index contributed by atoms with van der Waals surface area (Å²) in [4.78, 5) is 13.3. The van der Waals surface area contributed by atoms with E-state index in [4.69, 9.17) is 4.74 Å². The van der Waals surface area contributed by atoms with E-state index in [1.807, 2.05) is 0 Å². The summed E-state index contributed by atoms with van der Waals surface area (Å²) < 4.78 is 43.8. The first-order chi connectivity index (χ1) is 9.91. The van der Waals surface area contributed by atoms with Crippen molar-refractivity contribution in [3.63, 3.8) is 0 Å². The van der Waals surface area contributed by atoms with E-state index in [0.29, 0.717) is 0 Å². The lowest BCUT2D eigenvalue weighted by molar-refractivity contribution is -0.144. The molecule has 0 aromatic heterocycles. The second-order valence-electron chi connectivity index (χ2n) is 5.10.